The summed E-state index contributed by atoms with van der Waals surface area (Å²) < 4.78 is 5.30. The van der Waals surface area contributed by atoms with Crippen molar-refractivity contribution in [2.24, 2.45) is 0 Å². The summed E-state index contributed by atoms with van der Waals surface area (Å²) in [6.45, 7) is 2.27. The van der Waals surface area contributed by atoms with Crippen LogP contribution in [-0.2, 0) is 16.1 Å². The van der Waals surface area contributed by atoms with E-state index in [0.717, 1.165) is 5.56 Å². The second-order valence-corrected chi connectivity index (χ2v) is 3.77. The zero-order valence-corrected chi connectivity index (χ0v) is 9.70. The highest BCUT2D eigenvalue weighted by Crippen LogP contribution is 2.10. The first-order chi connectivity index (χ1) is 7.59. The highest BCUT2D eigenvalue weighted by atomic mass is 35.5. The van der Waals surface area contributed by atoms with E-state index >= 15 is 0 Å². The molecule has 4 heteroatoms. The fraction of sp³-hybridized carbons (Fsp3) is 0.250. The molecule has 0 radical (unpaired) electrons. The number of benzene rings is 1. The van der Waals surface area contributed by atoms with Crippen LogP contribution in [0.15, 0.2) is 35.9 Å². The molecule has 3 nitrogen and oxygen atoms in total. The molecule has 86 valence electrons. The first-order valence-corrected chi connectivity index (χ1v) is 5.19. The van der Waals surface area contributed by atoms with Crippen molar-refractivity contribution < 1.29 is 14.6 Å². The van der Waals surface area contributed by atoms with Crippen molar-refractivity contribution in [3.63, 3.8) is 0 Å². The minimum Gasteiger partial charge on any atom is -0.478 e. The molecular weight excluding hydrogens is 228 g/mol. The number of carboxylic acids is 1. The average Bonchev–Trinajstić information content (AvgIpc) is 2.26. The second-order valence-electron chi connectivity index (χ2n) is 3.33. The Morgan fingerprint density at radius 2 is 2.06 bits per heavy atom. The van der Waals surface area contributed by atoms with Crippen LogP contribution in [0.5, 0.6) is 0 Å². The van der Waals surface area contributed by atoms with Gasteiger partial charge in [0.2, 0.25) is 0 Å². The molecule has 1 aromatic rings. The van der Waals surface area contributed by atoms with Crippen molar-refractivity contribution in [2.75, 3.05) is 6.61 Å². The number of ether oxygens (including phenoxy) is 1. The van der Waals surface area contributed by atoms with Gasteiger partial charge in [-0.05, 0) is 30.7 Å². The van der Waals surface area contributed by atoms with Gasteiger partial charge in [-0.2, -0.15) is 0 Å². The van der Waals surface area contributed by atoms with E-state index in [9.17, 15) is 4.79 Å². The largest absolute Gasteiger partial charge is 0.478 e. The monoisotopic (exact) mass is 240 g/mol. The maximum absolute atomic E-state index is 10.5. The van der Waals surface area contributed by atoms with Crippen LogP contribution in [0, 0.1) is 0 Å². The number of halogens is 1. The SMILES string of the molecule is CC(=CCOCc1ccc(Cl)cc1)C(=O)O. The van der Waals surface area contributed by atoms with Crippen molar-refractivity contribution in [3.05, 3.63) is 46.5 Å². The molecule has 0 aliphatic heterocycles. The van der Waals surface area contributed by atoms with Crippen LogP contribution in [0.3, 0.4) is 0 Å². The number of hydrogen-bond acceptors (Lipinski definition) is 2. The van der Waals surface area contributed by atoms with Crippen molar-refractivity contribution in [1.29, 1.82) is 0 Å². The highest BCUT2D eigenvalue weighted by molar-refractivity contribution is 6.30. The topological polar surface area (TPSA) is 46.5 Å². The smallest absolute Gasteiger partial charge is 0.331 e. The Labute approximate surface area is 99.3 Å². The third-order valence-electron chi connectivity index (χ3n) is 2.03. The van der Waals surface area contributed by atoms with Gasteiger partial charge in [-0.1, -0.05) is 23.7 Å². The van der Waals surface area contributed by atoms with Gasteiger partial charge in [0, 0.05) is 10.6 Å². The van der Waals surface area contributed by atoms with Gasteiger partial charge in [-0.15, -0.1) is 0 Å². The molecule has 0 spiro atoms. The lowest BCUT2D eigenvalue weighted by molar-refractivity contribution is -0.132. The number of hydrogen-bond donors (Lipinski definition) is 1. The maximum atomic E-state index is 10.5. The van der Waals surface area contributed by atoms with Gasteiger partial charge in [0.25, 0.3) is 0 Å². The molecule has 0 saturated heterocycles. The van der Waals surface area contributed by atoms with Crippen LogP contribution in [0.1, 0.15) is 12.5 Å². The van der Waals surface area contributed by atoms with Gasteiger partial charge < -0.3 is 9.84 Å². The van der Waals surface area contributed by atoms with Crippen molar-refractivity contribution in [1.82, 2.24) is 0 Å². The van der Waals surface area contributed by atoms with E-state index in [4.69, 9.17) is 21.4 Å². The molecule has 0 saturated carbocycles. The second kappa shape index (κ2) is 6.30. The summed E-state index contributed by atoms with van der Waals surface area (Å²) in [5, 5.41) is 9.28. The predicted molar refractivity (Wildman–Crippen MR) is 62.5 cm³/mol. The molecule has 1 N–H and O–H groups in total. The molecule has 1 aromatic carbocycles. The Bertz CT molecular complexity index is 382. The Kier molecular flexibility index (Phi) is 5.02. The van der Waals surface area contributed by atoms with Gasteiger partial charge >= 0.3 is 5.97 Å². The van der Waals surface area contributed by atoms with Crippen LogP contribution in [0.25, 0.3) is 0 Å². The van der Waals surface area contributed by atoms with E-state index in [2.05, 4.69) is 0 Å². The van der Waals surface area contributed by atoms with E-state index in [1.165, 1.54) is 13.0 Å². The number of carbonyl (C=O) groups is 1. The minimum absolute atomic E-state index is 0.288. The molecule has 0 aliphatic carbocycles. The van der Waals surface area contributed by atoms with Gasteiger partial charge in [-0.25, -0.2) is 4.79 Å². The highest BCUT2D eigenvalue weighted by Gasteiger charge is 1.98. The lowest BCUT2D eigenvalue weighted by Gasteiger charge is -2.02. The van der Waals surface area contributed by atoms with E-state index < -0.39 is 5.97 Å². The van der Waals surface area contributed by atoms with Gasteiger partial charge in [-0.3, -0.25) is 0 Å². The van der Waals surface area contributed by atoms with Gasteiger partial charge in [0.15, 0.2) is 0 Å². The van der Waals surface area contributed by atoms with Crippen molar-refractivity contribution >= 4 is 17.6 Å². The molecule has 1 rings (SSSR count). The fourth-order valence-corrected chi connectivity index (χ4v) is 1.15. The Morgan fingerprint density at radius 1 is 1.44 bits per heavy atom. The zero-order chi connectivity index (χ0) is 12.0. The van der Waals surface area contributed by atoms with Gasteiger partial charge in [0.1, 0.15) is 0 Å². The quantitative estimate of drug-likeness (QED) is 0.636. The average molecular weight is 241 g/mol. The van der Waals surface area contributed by atoms with Crippen LogP contribution in [0.2, 0.25) is 5.02 Å². The molecule has 0 bridgehead atoms. The Hall–Kier alpha value is -1.32. The molecule has 0 heterocycles. The Morgan fingerprint density at radius 3 is 2.62 bits per heavy atom. The molecule has 0 aliphatic rings. The first-order valence-electron chi connectivity index (χ1n) is 4.82. The van der Waals surface area contributed by atoms with Gasteiger partial charge in [0.05, 0.1) is 13.2 Å². The summed E-state index contributed by atoms with van der Waals surface area (Å²) in [5.74, 6) is -0.921. The van der Waals surface area contributed by atoms with E-state index in [-0.39, 0.29) is 5.57 Å². The van der Waals surface area contributed by atoms with Crippen LogP contribution < -0.4 is 0 Å². The lowest BCUT2D eigenvalue weighted by atomic mass is 10.2. The fourth-order valence-electron chi connectivity index (χ4n) is 1.03. The number of carboxylic acid groups (broad SMARTS) is 1. The summed E-state index contributed by atoms with van der Waals surface area (Å²) in [7, 11) is 0. The summed E-state index contributed by atoms with van der Waals surface area (Å²) in [5.41, 5.74) is 1.29. The zero-order valence-electron chi connectivity index (χ0n) is 8.94. The predicted octanol–water partition coefficient (Wildman–Crippen LogP) is 2.89. The first kappa shape index (κ1) is 12.7. The van der Waals surface area contributed by atoms with Crippen molar-refractivity contribution in [3.8, 4) is 0 Å². The molecule has 0 amide bonds. The molecular formula is C12H13ClO3. The molecule has 0 atom stereocenters. The number of aliphatic carboxylic acids is 1. The van der Waals surface area contributed by atoms with Crippen molar-refractivity contribution in [2.45, 2.75) is 13.5 Å². The van der Waals surface area contributed by atoms with E-state index in [0.29, 0.717) is 18.2 Å². The number of rotatable bonds is 5. The summed E-state index contributed by atoms with van der Waals surface area (Å²) in [6, 6.07) is 7.32. The van der Waals surface area contributed by atoms with Crippen LogP contribution >= 0.6 is 11.6 Å². The Balaban J connectivity index is 2.34. The van der Waals surface area contributed by atoms with Crippen LogP contribution in [-0.4, -0.2) is 17.7 Å². The standard InChI is InChI=1S/C12H13ClO3/c1-9(12(14)15)6-7-16-8-10-2-4-11(13)5-3-10/h2-6H,7-8H2,1H3,(H,14,15). The van der Waals surface area contributed by atoms with Crippen LogP contribution in [0.4, 0.5) is 0 Å². The lowest BCUT2D eigenvalue weighted by Crippen LogP contribution is -1.99. The maximum Gasteiger partial charge on any atom is 0.331 e. The van der Waals surface area contributed by atoms with E-state index in [1.54, 1.807) is 12.1 Å². The molecule has 0 fully saturated rings. The molecule has 0 aromatic heterocycles. The normalized spacial score (nSPS) is 11.5. The summed E-state index contributed by atoms with van der Waals surface area (Å²) >= 11 is 5.73. The molecule has 0 unspecified atom stereocenters. The summed E-state index contributed by atoms with van der Waals surface area (Å²) in [4.78, 5) is 10.5. The third kappa shape index (κ3) is 4.47. The minimum atomic E-state index is -0.921. The summed E-state index contributed by atoms with van der Waals surface area (Å²) in [6.07, 6.45) is 1.54. The third-order valence-corrected chi connectivity index (χ3v) is 2.28. The van der Waals surface area contributed by atoms with E-state index in [1.807, 2.05) is 12.1 Å². The molecule has 16 heavy (non-hydrogen) atoms.